The highest BCUT2D eigenvalue weighted by molar-refractivity contribution is 6.22. The lowest BCUT2D eigenvalue weighted by Gasteiger charge is -2.50. The van der Waals surface area contributed by atoms with Crippen molar-refractivity contribution in [2.24, 2.45) is 23.7 Å². The number of nitro groups is 1. The van der Waals surface area contributed by atoms with Crippen LogP contribution in [0.3, 0.4) is 0 Å². The zero-order valence-corrected chi connectivity index (χ0v) is 28.8. The second-order valence-electron chi connectivity index (χ2n) is 14.2. The molecule has 0 radical (unpaired) electrons. The minimum atomic E-state index is -1.54. The molecule has 11 heteroatoms. The summed E-state index contributed by atoms with van der Waals surface area (Å²) in [5.41, 5.74) is 5.21. The van der Waals surface area contributed by atoms with Crippen LogP contribution in [0.4, 0.5) is 17.1 Å². The van der Waals surface area contributed by atoms with Gasteiger partial charge in [0.15, 0.2) is 0 Å². The first-order valence-electron chi connectivity index (χ1n) is 17.6. The smallest absolute Gasteiger partial charge is 0.271 e. The summed E-state index contributed by atoms with van der Waals surface area (Å²) in [6, 6.07) is 27.2. The van der Waals surface area contributed by atoms with E-state index in [1.54, 1.807) is 36.4 Å². The molecule has 0 unspecified atom stereocenters. The number of anilines is 2. The van der Waals surface area contributed by atoms with E-state index < -0.39 is 63.6 Å². The number of amides is 4. The lowest BCUT2D eigenvalue weighted by molar-refractivity contribution is -0.384. The number of non-ortho nitro benzene ring substituents is 1. The fourth-order valence-electron chi connectivity index (χ4n) is 9.26. The van der Waals surface area contributed by atoms with Crippen molar-refractivity contribution in [3.05, 3.63) is 154 Å². The number of fused-ring (bicyclic) bond motifs is 4. The maximum absolute atomic E-state index is 15.3. The zero-order chi connectivity index (χ0) is 37.2. The summed E-state index contributed by atoms with van der Waals surface area (Å²) in [5, 5.41) is 24.7. The number of nitrogens with one attached hydrogen (secondary N) is 1. The normalized spacial score (nSPS) is 26.1. The Hall–Kier alpha value is -6.36. The van der Waals surface area contributed by atoms with Crippen LogP contribution in [-0.2, 0) is 31.0 Å². The van der Waals surface area contributed by atoms with Gasteiger partial charge in [-0.3, -0.25) is 34.7 Å². The maximum atomic E-state index is 15.3. The highest BCUT2D eigenvalue weighted by Crippen LogP contribution is 2.65. The summed E-state index contributed by atoms with van der Waals surface area (Å²) in [4.78, 5) is 70.8. The van der Waals surface area contributed by atoms with E-state index in [2.05, 4.69) is 12.0 Å². The predicted molar refractivity (Wildman–Crippen MR) is 196 cm³/mol. The highest BCUT2D eigenvalue weighted by Gasteiger charge is 2.70. The van der Waals surface area contributed by atoms with Crippen molar-refractivity contribution in [1.82, 2.24) is 5.01 Å². The van der Waals surface area contributed by atoms with Gasteiger partial charge in [0.2, 0.25) is 11.8 Å². The highest BCUT2D eigenvalue weighted by atomic mass is 16.6. The first kappa shape index (κ1) is 33.8. The quantitative estimate of drug-likeness (QED) is 0.0909. The fourth-order valence-corrected chi connectivity index (χ4v) is 9.26. The van der Waals surface area contributed by atoms with Gasteiger partial charge in [-0.1, -0.05) is 90.0 Å². The number of para-hydroxylation sites is 1. The number of carbonyl (C=O) groups is 4. The molecule has 2 N–H and O–H groups in total. The average molecular weight is 709 g/mol. The summed E-state index contributed by atoms with van der Waals surface area (Å²) in [6.45, 7) is 5.78. The van der Waals surface area contributed by atoms with Crippen LogP contribution in [0.5, 0.6) is 5.75 Å². The molecule has 2 aliphatic carbocycles. The van der Waals surface area contributed by atoms with Crippen LogP contribution in [-0.4, -0.2) is 38.7 Å². The molecule has 3 fully saturated rings. The van der Waals surface area contributed by atoms with Crippen molar-refractivity contribution in [3.63, 3.8) is 0 Å². The van der Waals surface area contributed by atoms with Gasteiger partial charge in [-0.05, 0) is 61.4 Å². The van der Waals surface area contributed by atoms with E-state index in [4.69, 9.17) is 0 Å². The number of nitro benzene ring substituents is 1. The molecule has 53 heavy (non-hydrogen) atoms. The van der Waals surface area contributed by atoms with Gasteiger partial charge in [0.25, 0.3) is 17.5 Å². The van der Waals surface area contributed by atoms with E-state index in [-0.39, 0.29) is 30.0 Å². The third kappa shape index (κ3) is 5.02. The van der Waals surface area contributed by atoms with Crippen molar-refractivity contribution in [3.8, 4) is 5.75 Å². The molecule has 4 aromatic rings. The molecular formula is C42H36N4O7. The van der Waals surface area contributed by atoms with E-state index in [1.165, 1.54) is 24.3 Å². The Balaban J connectivity index is 1.33. The third-order valence-electron chi connectivity index (χ3n) is 11.5. The number of carbonyl (C=O) groups excluding carboxylic acids is 4. The molecule has 1 saturated carbocycles. The number of nitrogens with zero attached hydrogens (tertiary/aromatic N) is 3. The molecule has 4 aromatic carbocycles. The van der Waals surface area contributed by atoms with Crippen LogP contribution in [0.1, 0.15) is 41.0 Å². The van der Waals surface area contributed by atoms with Crippen molar-refractivity contribution in [2.45, 2.75) is 37.5 Å². The summed E-state index contributed by atoms with van der Waals surface area (Å²) >= 11 is 0. The third-order valence-corrected chi connectivity index (χ3v) is 11.5. The van der Waals surface area contributed by atoms with Crippen LogP contribution in [0.25, 0.3) is 0 Å². The van der Waals surface area contributed by atoms with E-state index in [0.717, 1.165) is 15.5 Å². The van der Waals surface area contributed by atoms with Crippen molar-refractivity contribution in [2.75, 3.05) is 10.3 Å². The molecule has 6 atom stereocenters. The number of hydrazine groups is 1. The second-order valence-corrected chi connectivity index (χ2v) is 14.2. The standard InChI is InChI=1S/C42H36N4O7/c1-3-9-25-10-7-15-32(37(25)47)36-30-20-21-31-35(40(50)44(38(31)48)28-13-8-14-29(22-28)46(52)53)33(30)23-34-39(49)45(43-27-18-16-24(2)17-19-27)41(51)42(34,36)26-11-5-4-6-12-26/h3-8,10-20,22,31,33-36,43,47H,1,9,21,23H2,2H3/t31-,33+,34-,35-,36+,42+/m0/s1. The number of hydrogen-bond donors (Lipinski definition) is 2. The maximum Gasteiger partial charge on any atom is 0.271 e. The van der Waals surface area contributed by atoms with Gasteiger partial charge in [0.05, 0.1) is 39.5 Å². The Labute approximate surface area is 305 Å². The summed E-state index contributed by atoms with van der Waals surface area (Å²) in [7, 11) is 0. The zero-order valence-electron chi connectivity index (χ0n) is 28.8. The van der Waals surface area contributed by atoms with E-state index in [9.17, 15) is 29.6 Å². The number of phenols is 1. The van der Waals surface area contributed by atoms with Gasteiger partial charge in [0, 0.05) is 23.6 Å². The molecule has 11 nitrogen and oxygen atoms in total. The van der Waals surface area contributed by atoms with Crippen LogP contribution >= 0.6 is 0 Å². The first-order valence-corrected chi connectivity index (χ1v) is 17.6. The Morgan fingerprint density at radius 3 is 2.38 bits per heavy atom. The number of hydrogen-bond acceptors (Lipinski definition) is 8. The Morgan fingerprint density at radius 1 is 0.925 bits per heavy atom. The molecule has 2 heterocycles. The Kier molecular flexibility index (Phi) is 8.09. The van der Waals surface area contributed by atoms with Gasteiger partial charge in [-0.25, -0.2) is 4.90 Å². The van der Waals surface area contributed by atoms with Crippen LogP contribution in [0.2, 0.25) is 0 Å². The van der Waals surface area contributed by atoms with Gasteiger partial charge in [-0.15, -0.1) is 6.58 Å². The predicted octanol–water partition coefficient (Wildman–Crippen LogP) is 6.53. The topological polar surface area (TPSA) is 150 Å². The number of allylic oxidation sites excluding steroid dienone is 3. The Bertz CT molecular complexity index is 2250. The number of phenolic OH excluding ortho intramolecular Hbond substituents is 1. The van der Waals surface area contributed by atoms with Gasteiger partial charge < -0.3 is 5.11 Å². The minimum absolute atomic E-state index is 0.0348. The van der Waals surface area contributed by atoms with Crippen LogP contribution < -0.4 is 10.3 Å². The lowest BCUT2D eigenvalue weighted by Crippen LogP contribution is -2.53. The van der Waals surface area contributed by atoms with Crippen LogP contribution in [0, 0.1) is 40.7 Å². The average Bonchev–Trinajstić information content (AvgIpc) is 3.54. The van der Waals surface area contributed by atoms with Crippen LogP contribution in [0.15, 0.2) is 121 Å². The fraction of sp³-hybridized carbons (Fsp3) is 0.238. The minimum Gasteiger partial charge on any atom is -0.507 e. The number of aromatic hydroxyl groups is 1. The molecule has 2 saturated heterocycles. The SMILES string of the molecule is C=CCc1cccc([C@H]2C3=CC[C@@H]4C(=O)N(c5cccc([N+](=O)[O-])c5)C(=O)[C@@H]4[C@@H]3C[C@H]3C(=O)N(Nc4ccc(C)cc4)C(=O)[C@@]23c2ccccc2)c1O. The monoisotopic (exact) mass is 708 g/mol. The van der Waals surface area contributed by atoms with Crippen molar-refractivity contribution < 1.29 is 29.2 Å². The molecule has 266 valence electrons. The van der Waals surface area contributed by atoms with E-state index in [0.29, 0.717) is 34.4 Å². The summed E-state index contributed by atoms with van der Waals surface area (Å²) in [6.07, 6.45) is 4.17. The van der Waals surface area contributed by atoms with Crippen molar-refractivity contribution in [1.29, 1.82) is 0 Å². The van der Waals surface area contributed by atoms with E-state index in [1.807, 2.05) is 55.5 Å². The Morgan fingerprint density at radius 2 is 1.66 bits per heavy atom. The van der Waals surface area contributed by atoms with Crippen molar-refractivity contribution >= 4 is 40.7 Å². The summed E-state index contributed by atoms with van der Waals surface area (Å²) < 4.78 is 0. The molecular weight excluding hydrogens is 672 g/mol. The largest absolute Gasteiger partial charge is 0.507 e. The van der Waals surface area contributed by atoms with Gasteiger partial charge in [-0.2, -0.15) is 5.01 Å². The number of benzene rings is 4. The molecule has 8 rings (SSSR count). The molecule has 4 aliphatic rings. The molecule has 4 amide bonds. The summed E-state index contributed by atoms with van der Waals surface area (Å²) in [5.74, 6) is -6.27. The van der Waals surface area contributed by atoms with Gasteiger partial charge in [0.1, 0.15) is 5.75 Å². The first-order chi connectivity index (χ1) is 25.6. The number of imide groups is 2. The molecule has 2 aliphatic heterocycles. The second kappa shape index (κ2) is 12.7. The van der Waals surface area contributed by atoms with Gasteiger partial charge >= 0.3 is 0 Å². The number of rotatable bonds is 8. The molecule has 0 bridgehead atoms. The number of aryl methyl sites for hydroxylation is 1. The molecule has 0 spiro atoms. The molecule has 0 aromatic heterocycles. The van der Waals surface area contributed by atoms with E-state index >= 15 is 4.79 Å². The lowest BCUT2D eigenvalue weighted by atomic mass is 9.49.